The first-order valence-corrected chi connectivity index (χ1v) is 10.4. The van der Waals surface area contributed by atoms with E-state index in [4.69, 9.17) is 0 Å². The van der Waals surface area contributed by atoms with Crippen molar-refractivity contribution in [1.82, 2.24) is 4.90 Å². The second kappa shape index (κ2) is 9.30. The molecule has 1 aromatic rings. The molecule has 1 aliphatic rings. The quantitative estimate of drug-likeness (QED) is 0.568. The first kappa shape index (κ1) is 19.1. The largest absolute Gasteiger partial charge is 0.317 e. The Morgan fingerprint density at radius 2 is 1.75 bits per heavy atom. The number of hydrogen-bond donors (Lipinski definition) is 1. The maximum Gasteiger partial charge on any atom is 0.298 e. The number of carbonyl (C=O) groups is 2. The molecule has 1 fully saturated rings. The predicted octanol–water partition coefficient (Wildman–Crippen LogP) is 3.11. The summed E-state index contributed by atoms with van der Waals surface area (Å²) in [6.07, 6.45) is 5.93. The second-order valence-corrected chi connectivity index (χ2v) is 7.66. The highest BCUT2D eigenvalue weighted by Gasteiger charge is 2.37. The monoisotopic (exact) mass is 365 g/mol. The molecular weight excluding hydrogens is 340 g/mol. The molecule has 0 bridgehead atoms. The zero-order valence-electron chi connectivity index (χ0n) is 14.5. The summed E-state index contributed by atoms with van der Waals surface area (Å²) in [6, 6.07) is 8.00. The average molecular weight is 366 g/mol. The molecular formula is C18H25N2O2S2+. The molecule has 1 saturated heterocycles. The van der Waals surface area contributed by atoms with E-state index in [0.29, 0.717) is 11.6 Å². The van der Waals surface area contributed by atoms with Crippen LogP contribution in [0.25, 0.3) is 6.08 Å². The Morgan fingerprint density at radius 1 is 1.12 bits per heavy atom. The van der Waals surface area contributed by atoms with Gasteiger partial charge >= 0.3 is 0 Å². The molecule has 24 heavy (non-hydrogen) atoms. The summed E-state index contributed by atoms with van der Waals surface area (Å²) in [5.41, 5.74) is 0.949. The van der Waals surface area contributed by atoms with Gasteiger partial charge in [0.2, 0.25) is 0 Å². The maximum absolute atomic E-state index is 12.6. The molecule has 0 unspecified atom stereocenters. The van der Waals surface area contributed by atoms with Crippen molar-refractivity contribution in [3.63, 3.8) is 0 Å². The normalized spacial score (nSPS) is 16.7. The van der Waals surface area contributed by atoms with Gasteiger partial charge in [-0.2, -0.15) is 0 Å². The third-order valence-electron chi connectivity index (χ3n) is 3.88. The number of hydrogen-bond acceptors (Lipinski definition) is 4. The van der Waals surface area contributed by atoms with Crippen LogP contribution in [0.15, 0.2) is 34.1 Å². The fraction of sp³-hybridized carbons (Fsp3) is 0.444. The molecule has 0 radical (unpaired) electrons. The number of rotatable bonds is 8. The summed E-state index contributed by atoms with van der Waals surface area (Å²) in [4.78, 5) is 29.2. The minimum Gasteiger partial charge on any atom is -0.317 e. The van der Waals surface area contributed by atoms with Gasteiger partial charge in [-0.1, -0.05) is 26.0 Å². The molecule has 0 aromatic heterocycles. The Kier molecular flexibility index (Phi) is 7.40. The van der Waals surface area contributed by atoms with Crippen LogP contribution in [-0.2, 0) is 4.79 Å². The second-order valence-electron chi connectivity index (χ2n) is 5.79. The lowest BCUT2D eigenvalue weighted by Crippen LogP contribution is -3.13. The number of benzene rings is 1. The molecule has 0 spiro atoms. The van der Waals surface area contributed by atoms with Gasteiger partial charge in [0.1, 0.15) is 0 Å². The first-order chi connectivity index (χ1) is 11.6. The fourth-order valence-corrected chi connectivity index (χ4v) is 3.95. The van der Waals surface area contributed by atoms with Gasteiger partial charge in [0.15, 0.2) is 6.67 Å². The minimum absolute atomic E-state index is 0.156. The lowest BCUT2D eigenvalue weighted by atomic mass is 10.2. The SMILES string of the molecule is CCC[NH+](CCC)CN1C(=O)S/C(=C\c2ccc(SC)cc2)C1=O. The molecule has 1 N–H and O–H groups in total. The Hall–Kier alpha value is -1.24. The van der Waals surface area contributed by atoms with Crippen LogP contribution >= 0.6 is 23.5 Å². The van der Waals surface area contributed by atoms with Crippen molar-refractivity contribution in [2.75, 3.05) is 26.0 Å². The Morgan fingerprint density at radius 3 is 2.29 bits per heavy atom. The number of carbonyl (C=O) groups excluding carboxylic acids is 2. The predicted molar refractivity (Wildman–Crippen MR) is 102 cm³/mol. The van der Waals surface area contributed by atoms with Crippen LogP contribution in [-0.4, -0.2) is 42.1 Å². The van der Waals surface area contributed by atoms with E-state index in [-0.39, 0.29) is 11.1 Å². The molecule has 6 heteroatoms. The van der Waals surface area contributed by atoms with Gasteiger partial charge in [0, 0.05) is 4.90 Å². The van der Waals surface area contributed by atoms with E-state index < -0.39 is 0 Å². The summed E-state index contributed by atoms with van der Waals surface area (Å²) in [6.45, 7) is 6.67. The van der Waals surface area contributed by atoms with Crippen LogP contribution in [0.5, 0.6) is 0 Å². The zero-order valence-corrected chi connectivity index (χ0v) is 16.1. The van der Waals surface area contributed by atoms with Gasteiger partial charge < -0.3 is 4.90 Å². The van der Waals surface area contributed by atoms with E-state index in [0.717, 1.165) is 43.3 Å². The topological polar surface area (TPSA) is 41.8 Å². The highest BCUT2D eigenvalue weighted by Crippen LogP contribution is 2.31. The molecule has 1 heterocycles. The number of thioether (sulfide) groups is 2. The highest BCUT2D eigenvalue weighted by molar-refractivity contribution is 8.18. The van der Waals surface area contributed by atoms with Crippen LogP contribution < -0.4 is 4.90 Å². The lowest BCUT2D eigenvalue weighted by Gasteiger charge is -2.22. The van der Waals surface area contributed by atoms with E-state index in [9.17, 15) is 9.59 Å². The first-order valence-electron chi connectivity index (χ1n) is 8.32. The van der Waals surface area contributed by atoms with Gasteiger partial charge in [-0.05, 0) is 54.6 Å². The Labute approximate surface area is 152 Å². The molecule has 1 aliphatic heterocycles. The summed E-state index contributed by atoms with van der Waals surface area (Å²) in [5.74, 6) is -0.163. The van der Waals surface area contributed by atoms with Gasteiger partial charge in [-0.15, -0.1) is 11.8 Å². The molecule has 0 aliphatic carbocycles. The number of quaternary nitrogens is 1. The van der Waals surface area contributed by atoms with Crippen LogP contribution in [0, 0.1) is 0 Å². The molecule has 1 aromatic carbocycles. The third kappa shape index (κ3) is 4.88. The molecule has 0 atom stereocenters. The smallest absolute Gasteiger partial charge is 0.298 e. The van der Waals surface area contributed by atoms with Crippen molar-refractivity contribution in [2.24, 2.45) is 0 Å². The van der Waals surface area contributed by atoms with Crippen molar-refractivity contribution >= 4 is 40.7 Å². The fourth-order valence-electron chi connectivity index (χ4n) is 2.70. The molecule has 2 amide bonds. The Balaban J connectivity index is 2.10. The summed E-state index contributed by atoms with van der Waals surface area (Å²) >= 11 is 2.72. The molecule has 0 saturated carbocycles. The van der Waals surface area contributed by atoms with E-state index in [1.54, 1.807) is 11.8 Å². The number of amides is 2. The third-order valence-corrected chi connectivity index (χ3v) is 5.53. The van der Waals surface area contributed by atoms with Crippen molar-refractivity contribution in [2.45, 2.75) is 31.6 Å². The number of nitrogens with zero attached hydrogens (tertiary/aromatic N) is 1. The summed E-state index contributed by atoms with van der Waals surface area (Å²) in [7, 11) is 0. The number of imide groups is 1. The minimum atomic E-state index is -0.163. The molecule has 130 valence electrons. The average Bonchev–Trinajstić information content (AvgIpc) is 2.83. The van der Waals surface area contributed by atoms with Gasteiger partial charge in [0.05, 0.1) is 18.0 Å². The lowest BCUT2D eigenvalue weighted by molar-refractivity contribution is -0.907. The van der Waals surface area contributed by atoms with E-state index >= 15 is 0 Å². The van der Waals surface area contributed by atoms with Crippen molar-refractivity contribution in [3.8, 4) is 0 Å². The molecule has 2 rings (SSSR count). The number of nitrogens with one attached hydrogen (secondary N) is 1. The van der Waals surface area contributed by atoms with Crippen molar-refractivity contribution < 1.29 is 14.5 Å². The van der Waals surface area contributed by atoms with Crippen LogP contribution in [0.4, 0.5) is 4.79 Å². The van der Waals surface area contributed by atoms with Crippen LogP contribution in [0.1, 0.15) is 32.3 Å². The van der Waals surface area contributed by atoms with E-state index in [1.807, 2.05) is 36.6 Å². The van der Waals surface area contributed by atoms with E-state index in [2.05, 4.69) is 13.8 Å². The van der Waals surface area contributed by atoms with E-state index in [1.165, 1.54) is 14.7 Å². The standard InChI is InChI=1S/C18H24N2O2S2/c1-4-10-19(11-5-2)13-20-17(21)16(24-18(20)22)12-14-6-8-15(23-3)9-7-14/h6-9,12H,4-5,10-11,13H2,1-3H3/p+1/b16-12-. The highest BCUT2D eigenvalue weighted by atomic mass is 32.2. The summed E-state index contributed by atoms with van der Waals surface area (Å²) in [5, 5.41) is -0.156. The van der Waals surface area contributed by atoms with Gasteiger partial charge in [-0.3, -0.25) is 9.59 Å². The summed E-state index contributed by atoms with van der Waals surface area (Å²) < 4.78 is 0. The van der Waals surface area contributed by atoms with Crippen LogP contribution in [0.3, 0.4) is 0 Å². The zero-order chi connectivity index (χ0) is 17.5. The van der Waals surface area contributed by atoms with Crippen molar-refractivity contribution in [3.05, 3.63) is 34.7 Å². The van der Waals surface area contributed by atoms with Gasteiger partial charge in [-0.25, -0.2) is 4.90 Å². The van der Waals surface area contributed by atoms with Crippen LogP contribution in [0.2, 0.25) is 0 Å². The molecule has 4 nitrogen and oxygen atoms in total. The van der Waals surface area contributed by atoms with Crippen molar-refractivity contribution in [1.29, 1.82) is 0 Å². The Bertz CT molecular complexity index is 608. The van der Waals surface area contributed by atoms with Gasteiger partial charge in [0.25, 0.3) is 11.1 Å². The maximum atomic E-state index is 12.6.